The van der Waals surface area contributed by atoms with E-state index in [1.54, 1.807) is 6.92 Å². The normalized spacial score (nSPS) is 28.3. The first-order valence-corrected chi connectivity index (χ1v) is 32.8. The van der Waals surface area contributed by atoms with Gasteiger partial charge in [0.15, 0.2) is 17.4 Å². The molecule has 9 N–H and O–H groups in total. The van der Waals surface area contributed by atoms with Crippen molar-refractivity contribution < 1.29 is 79.5 Å². The van der Waals surface area contributed by atoms with Crippen molar-refractivity contribution in [2.45, 2.75) is 101 Å². The number of nitrogens with one attached hydrogen (secondary N) is 3. The molecule has 8 unspecified atom stereocenters. The molecule has 4 aromatic rings. The fourth-order valence-electron chi connectivity index (χ4n) is 7.97. The van der Waals surface area contributed by atoms with Crippen LogP contribution in [-0.2, 0) is 95.1 Å². The van der Waals surface area contributed by atoms with Gasteiger partial charge in [-0.2, -0.15) is 4.98 Å². The summed E-state index contributed by atoms with van der Waals surface area (Å²) < 4.78 is 87.0. The highest BCUT2D eigenvalue weighted by atomic mass is 32.7. The summed E-state index contributed by atoms with van der Waals surface area (Å²) in [5, 5.41) is 9.24. The molecule has 39 heteroatoms. The number of anilines is 1. The van der Waals surface area contributed by atoms with Crippen LogP contribution < -0.4 is 33.8 Å². The number of rotatable bonds is 25. The highest BCUT2D eigenvalue weighted by Gasteiger charge is 2.51. The zero-order chi connectivity index (χ0) is 54.8. The number of nitrogens with two attached hydrogens (primary N) is 1. The number of thiol groups is 1. The number of fused-ring (bicyclic) bond motifs is 1. The summed E-state index contributed by atoms with van der Waals surface area (Å²) in [6, 6.07) is 0. The van der Waals surface area contributed by atoms with E-state index in [2.05, 4.69) is 37.2 Å². The second-order valence-corrected chi connectivity index (χ2v) is 28.0. The van der Waals surface area contributed by atoms with Crippen LogP contribution in [0.15, 0.2) is 42.7 Å². The Hall–Kier alpha value is -2.60. The maximum atomic E-state index is 14.2. The molecule has 14 atom stereocenters. The molecular weight excluding hydrogens is 1160 g/mol. The number of ether oxygens (including phenoxy) is 4. The summed E-state index contributed by atoms with van der Waals surface area (Å²) in [5.74, 6) is -0.216. The molecule has 0 bridgehead atoms. The number of aliphatic hydroxyl groups is 1. The minimum Gasteiger partial charge on any atom is -0.396 e. The van der Waals surface area contributed by atoms with Gasteiger partial charge in [-0.15, -0.1) is 0 Å². The van der Waals surface area contributed by atoms with Crippen LogP contribution >= 0.6 is 39.2 Å². The third-order valence-electron chi connectivity index (χ3n) is 11.4. The predicted octanol–water partition coefficient (Wildman–Crippen LogP) is 0.236. The summed E-state index contributed by atoms with van der Waals surface area (Å²) in [6.45, 7) is -14.9. The van der Waals surface area contributed by atoms with E-state index in [0.717, 1.165) is 9.13 Å². The van der Waals surface area contributed by atoms with Gasteiger partial charge in [0.2, 0.25) is 5.95 Å². The van der Waals surface area contributed by atoms with Crippen LogP contribution in [0.2, 0.25) is 0 Å². The van der Waals surface area contributed by atoms with Crippen LogP contribution in [0.1, 0.15) is 56.0 Å². The topological polar surface area (TPSA) is 408 Å². The van der Waals surface area contributed by atoms with Crippen molar-refractivity contribution in [3.8, 4) is 0 Å². The van der Waals surface area contributed by atoms with Gasteiger partial charge >= 0.3 is 38.3 Å². The number of methoxy groups -OCH3 is 1. The second-order valence-electron chi connectivity index (χ2n) is 16.7. The van der Waals surface area contributed by atoms with E-state index in [1.807, 2.05) is 0 Å². The number of nitrogen functional groups attached to an aromatic ring is 1. The number of aliphatic hydroxyl groups excluding tert-OH is 1. The first-order chi connectivity index (χ1) is 35.2. The second kappa shape index (κ2) is 24.8. The van der Waals surface area contributed by atoms with Gasteiger partial charge in [0.25, 0.3) is 16.7 Å². The van der Waals surface area contributed by atoms with Crippen molar-refractivity contribution in [3.05, 3.63) is 81.9 Å². The number of imidazole rings is 1. The Morgan fingerprint density at radius 3 is 1.93 bits per heavy atom. The molecule has 7 rings (SSSR count). The predicted molar refractivity (Wildman–Crippen MR) is 274 cm³/mol. The van der Waals surface area contributed by atoms with Crippen molar-refractivity contribution in [2.24, 2.45) is 0 Å². The van der Waals surface area contributed by atoms with Crippen molar-refractivity contribution in [2.75, 3.05) is 52.5 Å². The first-order valence-electron chi connectivity index (χ1n) is 22.3. The van der Waals surface area contributed by atoms with Gasteiger partial charge in [-0.25, -0.2) is 19.1 Å². The van der Waals surface area contributed by atoms with Gasteiger partial charge in [0, 0.05) is 50.1 Å². The molecule has 3 aliphatic heterocycles. The molecule has 7 heterocycles. The molecule has 0 saturated carbocycles. The standard InChI is InChI=1S/C36H53N9O22P4S4/c1-5-57-68(52,72)59-13-21-20(10-25(63-21)45-16-38-26-29(45)39-34(37)40-32(26)49)66-70(54,74)60-14-22-19(9-24(62-22)43-11-17(2)30(47)41-35(43)50)65-71(55,75)61-15-23-27(67-69(53,73)58-8-6-7-46)28(56-4)33(64-23)44-12-18(3)31(48)42-36(44)51/h11-12,16,19-25,27-28,33,46H,5-10,13-15H2,1-4H3,(H,52,72)(H,53,73)(H,54,74)(H,55,75)(H,41,47,50)(H,42,48,51)(H3,37,39,40,49)/t19?,20?,21-,22-,23-,24-,25-,27?,28?,33-,68?,69?,70?,71?/m1/s1. The van der Waals surface area contributed by atoms with Gasteiger partial charge in [0.1, 0.15) is 49.1 Å². The number of aryl methyl sites for hydroxylation is 2. The molecule has 418 valence electrons. The Morgan fingerprint density at radius 2 is 1.31 bits per heavy atom. The molecule has 3 fully saturated rings. The van der Waals surface area contributed by atoms with E-state index in [0.29, 0.717) is 0 Å². The third-order valence-corrected chi connectivity index (χ3v) is 17.9. The van der Waals surface area contributed by atoms with Crippen molar-refractivity contribution in [1.29, 1.82) is 0 Å². The maximum absolute atomic E-state index is 14.2. The molecule has 3 saturated heterocycles. The number of H-pyrrole nitrogens is 3. The lowest BCUT2D eigenvalue weighted by Gasteiger charge is -2.28. The van der Waals surface area contributed by atoms with Crippen molar-refractivity contribution in [1.82, 2.24) is 38.6 Å². The molecule has 0 aromatic carbocycles. The SMILES string of the molecule is CCOP(O)(=S)OC[C@H]1O[C@@H](n2cnc3c(=O)[nH]c(N)nc32)CC1OP(=O)(S)OC[C@H]1O[C@@H](n2cc(C)c(=O)[nH]c2=O)CC1OP(O)(=S)OC[C@H]1O[C@@H](n2cc(C)c(=O)[nH]c2=O)C(OC)C1OP(O)(=S)OCCCO. The number of nitrogens with zero attached hydrogens (tertiary/aromatic N) is 5. The van der Waals surface area contributed by atoms with E-state index in [4.69, 9.17) is 96.3 Å². The number of aromatic amines is 3. The smallest absolute Gasteiger partial charge is 0.386 e. The third kappa shape index (κ3) is 15.0. The van der Waals surface area contributed by atoms with Gasteiger partial charge in [-0.3, -0.25) is 56.6 Å². The zero-order valence-electron chi connectivity index (χ0n) is 39.8. The molecular formula is C36H53N9O22P4S4. The van der Waals surface area contributed by atoms with Crippen LogP contribution in [-0.4, -0.2) is 148 Å². The number of aromatic nitrogens is 8. The van der Waals surface area contributed by atoms with Crippen LogP contribution in [0.5, 0.6) is 0 Å². The quantitative estimate of drug-likeness (QED) is 0.0244. The Labute approximate surface area is 443 Å². The van der Waals surface area contributed by atoms with Gasteiger partial charge in [0.05, 0.1) is 45.5 Å². The molecule has 31 nitrogen and oxygen atoms in total. The summed E-state index contributed by atoms with van der Waals surface area (Å²) in [7, 11) is 1.24. The molecule has 3 aliphatic rings. The van der Waals surface area contributed by atoms with Crippen LogP contribution in [0.25, 0.3) is 11.2 Å². The highest BCUT2D eigenvalue weighted by Crippen LogP contribution is 2.58. The van der Waals surface area contributed by atoms with Crippen LogP contribution in [0.3, 0.4) is 0 Å². The largest absolute Gasteiger partial charge is 0.396 e. The molecule has 0 amide bonds. The summed E-state index contributed by atoms with van der Waals surface area (Å²) in [5.41, 5.74) is 2.22. The Kier molecular flexibility index (Phi) is 19.9. The number of hydrogen-bond donors (Lipinski definition) is 9. The van der Waals surface area contributed by atoms with E-state index >= 15 is 0 Å². The van der Waals surface area contributed by atoms with E-state index in [1.165, 1.54) is 44.2 Å². The van der Waals surface area contributed by atoms with Gasteiger partial charge in [-0.05, 0) is 62.6 Å². The first kappa shape index (κ1) is 60.0. The maximum Gasteiger partial charge on any atom is 0.386 e. The van der Waals surface area contributed by atoms with Gasteiger partial charge < -0.3 is 67.1 Å². The monoisotopic (exact) mass is 1220 g/mol. The minimum absolute atomic E-state index is 0.0135. The van der Waals surface area contributed by atoms with Crippen molar-refractivity contribution in [3.63, 3.8) is 0 Å². The number of hydrogen-bond acceptors (Lipinski definition) is 25. The lowest BCUT2D eigenvalue weighted by atomic mass is 10.1. The average molecular weight is 1220 g/mol. The zero-order valence-corrected chi connectivity index (χ0v) is 46.7. The van der Waals surface area contributed by atoms with Crippen molar-refractivity contribution >= 4 is 91.7 Å². The highest BCUT2D eigenvalue weighted by molar-refractivity contribution is 8.44. The molecule has 0 radical (unpaired) electrons. The van der Waals surface area contributed by atoms with Crippen LogP contribution in [0.4, 0.5) is 5.95 Å². The minimum atomic E-state index is -4.54. The van der Waals surface area contributed by atoms with Gasteiger partial charge in [-0.1, -0.05) is 12.2 Å². The fraction of sp³-hybridized carbons (Fsp3) is 0.639. The molecule has 75 heavy (non-hydrogen) atoms. The molecule has 4 aromatic heterocycles. The summed E-state index contributed by atoms with van der Waals surface area (Å²) in [4.78, 5) is 111. The lowest BCUT2D eigenvalue weighted by molar-refractivity contribution is -0.0635. The fourth-order valence-corrected chi connectivity index (χ4v) is 13.7. The Morgan fingerprint density at radius 1 is 0.747 bits per heavy atom. The summed E-state index contributed by atoms with van der Waals surface area (Å²) in [6.07, 6.45) is -9.43. The molecule has 0 spiro atoms. The Bertz CT molecular complexity index is 3210. The van der Waals surface area contributed by atoms with E-state index in [9.17, 15) is 48.3 Å². The van der Waals surface area contributed by atoms with Crippen LogP contribution in [0, 0.1) is 13.8 Å². The Balaban J connectivity index is 1.11. The lowest BCUT2D eigenvalue weighted by Crippen LogP contribution is -2.40. The van der Waals surface area contributed by atoms with E-state index in [-0.39, 0.29) is 67.3 Å². The average Bonchev–Trinajstić information content (AvgIpc) is 4.11. The molecule has 0 aliphatic carbocycles. The van der Waals surface area contributed by atoms with E-state index < -0.39 is 136 Å². The summed E-state index contributed by atoms with van der Waals surface area (Å²) >= 11 is 20.0.